The molecule has 3 nitrogen and oxygen atoms in total. The van der Waals surface area contributed by atoms with E-state index in [2.05, 4.69) is 30.8 Å². The molecule has 0 aromatic rings. The number of likely N-dealkylation sites (N-methyl/N-ethyl adjacent to an activating group) is 1. The van der Waals surface area contributed by atoms with Crippen LogP contribution in [0.5, 0.6) is 0 Å². The van der Waals surface area contributed by atoms with Crippen LogP contribution in [0.15, 0.2) is 0 Å². The molecule has 0 radical (unpaired) electrons. The van der Waals surface area contributed by atoms with Crippen molar-refractivity contribution in [3.05, 3.63) is 0 Å². The molecule has 2 unspecified atom stereocenters. The molecule has 0 aromatic carbocycles. The average Bonchev–Trinajstić information content (AvgIpc) is 2.59. The summed E-state index contributed by atoms with van der Waals surface area (Å²) in [6.45, 7) is 5.51. The molecule has 0 aromatic heterocycles. The van der Waals surface area contributed by atoms with Gasteiger partial charge in [-0.3, -0.25) is 4.90 Å². The first-order valence-corrected chi connectivity index (χ1v) is 6.22. The third-order valence-corrected chi connectivity index (χ3v) is 3.26. The van der Waals surface area contributed by atoms with Crippen molar-refractivity contribution in [1.82, 2.24) is 9.80 Å². The van der Waals surface area contributed by atoms with Crippen molar-refractivity contribution >= 4 is 0 Å². The van der Waals surface area contributed by atoms with E-state index < -0.39 is 0 Å². The molecular formula is C12H26N2O. The Morgan fingerprint density at radius 2 is 1.87 bits per heavy atom. The van der Waals surface area contributed by atoms with Gasteiger partial charge in [-0.1, -0.05) is 6.92 Å². The highest BCUT2D eigenvalue weighted by molar-refractivity contribution is 4.85. The SMILES string of the molecule is CCCN(CCN(C)C)C1CCCC1O. The van der Waals surface area contributed by atoms with E-state index >= 15 is 0 Å². The predicted octanol–water partition coefficient (Wildman–Crippen LogP) is 1.17. The maximum absolute atomic E-state index is 9.90. The van der Waals surface area contributed by atoms with Gasteiger partial charge in [0.2, 0.25) is 0 Å². The molecule has 0 spiro atoms. The van der Waals surface area contributed by atoms with Gasteiger partial charge in [-0.05, 0) is 46.3 Å². The quantitative estimate of drug-likeness (QED) is 0.719. The highest BCUT2D eigenvalue weighted by Gasteiger charge is 2.29. The summed E-state index contributed by atoms with van der Waals surface area (Å²) in [4.78, 5) is 4.68. The zero-order valence-electron chi connectivity index (χ0n) is 10.4. The first-order valence-electron chi connectivity index (χ1n) is 6.22. The van der Waals surface area contributed by atoms with Crippen molar-refractivity contribution in [1.29, 1.82) is 0 Å². The molecule has 3 heteroatoms. The fourth-order valence-corrected chi connectivity index (χ4v) is 2.41. The Morgan fingerprint density at radius 3 is 2.33 bits per heavy atom. The third kappa shape index (κ3) is 4.09. The number of rotatable bonds is 6. The van der Waals surface area contributed by atoms with Gasteiger partial charge in [0.1, 0.15) is 0 Å². The zero-order valence-corrected chi connectivity index (χ0v) is 10.4. The topological polar surface area (TPSA) is 26.7 Å². The summed E-state index contributed by atoms with van der Waals surface area (Å²) in [5, 5.41) is 9.90. The third-order valence-electron chi connectivity index (χ3n) is 3.26. The van der Waals surface area contributed by atoms with Crippen molar-refractivity contribution in [3.8, 4) is 0 Å². The summed E-state index contributed by atoms with van der Waals surface area (Å²) < 4.78 is 0. The Kier molecular flexibility index (Phi) is 5.58. The van der Waals surface area contributed by atoms with Gasteiger partial charge in [-0.2, -0.15) is 0 Å². The molecule has 1 N–H and O–H groups in total. The van der Waals surface area contributed by atoms with Crippen LogP contribution in [0, 0.1) is 0 Å². The molecule has 0 saturated heterocycles. The minimum atomic E-state index is -0.0845. The van der Waals surface area contributed by atoms with Crippen molar-refractivity contribution in [2.24, 2.45) is 0 Å². The van der Waals surface area contributed by atoms with E-state index in [1.165, 1.54) is 19.3 Å². The summed E-state index contributed by atoms with van der Waals surface area (Å²) in [6, 6.07) is 0.421. The van der Waals surface area contributed by atoms with Crippen molar-refractivity contribution in [3.63, 3.8) is 0 Å². The number of aliphatic hydroxyl groups is 1. The molecule has 15 heavy (non-hydrogen) atoms. The Morgan fingerprint density at radius 1 is 1.13 bits per heavy atom. The second-order valence-corrected chi connectivity index (χ2v) is 4.90. The Labute approximate surface area is 94.1 Å². The fraction of sp³-hybridized carbons (Fsp3) is 1.00. The van der Waals surface area contributed by atoms with Crippen molar-refractivity contribution < 1.29 is 5.11 Å². The molecule has 2 atom stereocenters. The fourth-order valence-electron chi connectivity index (χ4n) is 2.41. The molecule has 1 fully saturated rings. The highest BCUT2D eigenvalue weighted by Crippen LogP contribution is 2.24. The lowest BCUT2D eigenvalue weighted by molar-refractivity contribution is 0.0665. The molecular weight excluding hydrogens is 188 g/mol. The van der Waals surface area contributed by atoms with Crippen LogP contribution < -0.4 is 0 Å². The van der Waals surface area contributed by atoms with E-state index in [0.29, 0.717) is 6.04 Å². The summed E-state index contributed by atoms with van der Waals surface area (Å²) in [5.41, 5.74) is 0. The number of aliphatic hydroxyl groups excluding tert-OH is 1. The predicted molar refractivity (Wildman–Crippen MR) is 64.1 cm³/mol. The molecule has 0 amide bonds. The maximum Gasteiger partial charge on any atom is 0.0695 e. The molecule has 1 rings (SSSR count). The standard InChI is InChI=1S/C12H26N2O/c1-4-8-14(10-9-13(2)3)11-6-5-7-12(11)15/h11-12,15H,4-10H2,1-3H3. The summed E-state index contributed by atoms with van der Waals surface area (Å²) in [6.07, 6.45) is 4.45. The molecule has 1 saturated carbocycles. The first kappa shape index (κ1) is 12.9. The second kappa shape index (κ2) is 6.46. The van der Waals surface area contributed by atoms with Crippen molar-refractivity contribution in [2.45, 2.75) is 44.8 Å². The molecule has 0 bridgehead atoms. The molecule has 1 aliphatic carbocycles. The van der Waals surface area contributed by atoms with Gasteiger partial charge in [0.15, 0.2) is 0 Å². The van der Waals surface area contributed by atoms with Gasteiger partial charge >= 0.3 is 0 Å². The average molecular weight is 214 g/mol. The van der Waals surface area contributed by atoms with Crippen LogP contribution in [-0.4, -0.2) is 60.8 Å². The van der Waals surface area contributed by atoms with Crippen LogP contribution in [0.3, 0.4) is 0 Å². The minimum Gasteiger partial charge on any atom is -0.391 e. The molecule has 90 valence electrons. The lowest BCUT2D eigenvalue weighted by atomic mass is 10.1. The van der Waals surface area contributed by atoms with Crippen LogP contribution in [0.2, 0.25) is 0 Å². The largest absolute Gasteiger partial charge is 0.391 e. The van der Waals surface area contributed by atoms with Gasteiger partial charge in [0.25, 0.3) is 0 Å². The smallest absolute Gasteiger partial charge is 0.0695 e. The van der Waals surface area contributed by atoms with Gasteiger partial charge in [-0.15, -0.1) is 0 Å². The molecule has 1 aliphatic rings. The van der Waals surface area contributed by atoms with E-state index in [4.69, 9.17) is 0 Å². The van der Waals surface area contributed by atoms with Crippen molar-refractivity contribution in [2.75, 3.05) is 33.7 Å². The van der Waals surface area contributed by atoms with Crippen LogP contribution in [0.4, 0.5) is 0 Å². The Bertz CT molecular complexity index is 173. The number of hydrogen-bond acceptors (Lipinski definition) is 3. The van der Waals surface area contributed by atoms with E-state index in [1.807, 2.05) is 0 Å². The van der Waals surface area contributed by atoms with E-state index in [1.54, 1.807) is 0 Å². The summed E-state index contributed by atoms with van der Waals surface area (Å²) >= 11 is 0. The minimum absolute atomic E-state index is 0.0845. The van der Waals surface area contributed by atoms with E-state index in [-0.39, 0.29) is 6.10 Å². The van der Waals surface area contributed by atoms with Gasteiger partial charge in [-0.25, -0.2) is 0 Å². The number of nitrogens with zero attached hydrogens (tertiary/aromatic N) is 2. The van der Waals surface area contributed by atoms with Crippen LogP contribution >= 0.6 is 0 Å². The normalized spacial score (nSPS) is 26.8. The van der Waals surface area contributed by atoms with Crippen LogP contribution in [0.1, 0.15) is 32.6 Å². The van der Waals surface area contributed by atoms with Crippen LogP contribution in [-0.2, 0) is 0 Å². The van der Waals surface area contributed by atoms with Gasteiger partial charge in [0.05, 0.1) is 6.10 Å². The highest BCUT2D eigenvalue weighted by atomic mass is 16.3. The lowest BCUT2D eigenvalue weighted by Crippen LogP contribution is -2.44. The maximum atomic E-state index is 9.90. The number of hydrogen-bond donors (Lipinski definition) is 1. The molecule has 0 heterocycles. The molecule has 0 aliphatic heterocycles. The van der Waals surface area contributed by atoms with Crippen LogP contribution in [0.25, 0.3) is 0 Å². The summed E-state index contributed by atoms with van der Waals surface area (Å²) in [7, 11) is 4.21. The second-order valence-electron chi connectivity index (χ2n) is 4.90. The van der Waals surface area contributed by atoms with E-state index in [9.17, 15) is 5.11 Å². The monoisotopic (exact) mass is 214 g/mol. The van der Waals surface area contributed by atoms with Gasteiger partial charge in [0, 0.05) is 19.1 Å². The Balaban J connectivity index is 2.41. The lowest BCUT2D eigenvalue weighted by Gasteiger charge is -2.31. The van der Waals surface area contributed by atoms with E-state index in [0.717, 1.165) is 26.1 Å². The first-order chi connectivity index (χ1) is 7.15. The summed E-state index contributed by atoms with van der Waals surface area (Å²) in [5.74, 6) is 0. The van der Waals surface area contributed by atoms with Gasteiger partial charge < -0.3 is 10.0 Å². The Hall–Kier alpha value is -0.120. The zero-order chi connectivity index (χ0) is 11.3.